The monoisotopic (exact) mass is 405 g/mol. The third-order valence-electron chi connectivity index (χ3n) is 5.49. The molecule has 0 saturated carbocycles. The molecule has 0 atom stereocenters. The van der Waals surface area contributed by atoms with E-state index in [1.807, 2.05) is 0 Å². The summed E-state index contributed by atoms with van der Waals surface area (Å²) < 4.78 is 0.802. The van der Waals surface area contributed by atoms with Crippen LogP contribution in [0.2, 0.25) is 0 Å². The summed E-state index contributed by atoms with van der Waals surface area (Å²) in [5.74, 6) is 0. The van der Waals surface area contributed by atoms with Gasteiger partial charge in [-0.15, -0.1) is 0 Å². The second kappa shape index (κ2) is 22.2. The fourth-order valence-corrected chi connectivity index (χ4v) is 3.56. The summed E-state index contributed by atoms with van der Waals surface area (Å²) in [6, 6.07) is 0. The fraction of sp³-hybridized carbons (Fsp3) is 0.913. The lowest BCUT2D eigenvalue weighted by atomic mass is 10.1. The van der Waals surface area contributed by atoms with Crippen LogP contribution in [-0.2, 0) is 0 Å². The van der Waals surface area contributed by atoms with E-state index in [1.165, 1.54) is 89.9 Å². The first-order chi connectivity index (χ1) is 12.7. The molecule has 0 aliphatic rings. The highest BCUT2D eigenvalue weighted by molar-refractivity contribution is 4.81. The van der Waals surface area contributed by atoms with Gasteiger partial charge in [0, 0.05) is 0 Å². The fourth-order valence-electron chi connectivity index (χ4n) is 3.56. The van der Waals surface area contributed by atoms with Crippen molar-refractivity contribution in [3.05, 3.63) is 12.2 Å². The van der Waals surface area contributed by atoms with Gasteiger partial charge in [-0.2, -0.15) is 0 Å². The molecule has 0 aromatic rings. The lowest BCUT2D eigenvalue weighted by Gasteiger charge is -2.33. The summed E-state index contributed by atoms with van der Waals surface area (Å²) in [7, 11) is 2.14. The van der Waals surface area contributed by atoms with E-state index in [0.29, 0.717) is 0 Å². The van der Waals surface area contributed by atoms with Crippen molar-refractivity contribution in [3.8, 4) is 0 Å². The number of halogens is 1. The van der Waals surface area contributed by atoms with Crippen LogP contribution in [0, 0.1) is 0 Å². The molecule has 0 fully saturated rings. The zero-order chi connectivity index (χ0) is 19.3. The Hall–Kier alpha value is -0.0900. The second-order valence-corrected chi connectivity index (χ2v) is 8.18. The Morgan fingerprint density at radius 1 is 0.593 bits per heavy atom. The van der Waals surface area contributed by atoms with Crippen LogP contribution in [-0.4, -0.2) is 54.6 Å². The summed E-state index contributed by atoms with van der Waals surface area (Å²) in [5.41, 5.74) is 0. The predicted molar refractivity (Wildman–Crippen MR) is 114 cm³/mol. The van der Waals surface area contributed by atoms with Gasteiger partial charge in [0.25, 0.3) is 0 Å². The molecule has 0 spiro atoms. The molecule has 0 amide bonds. The number of aliphatic hydroxyl groups excluding tert-OH is 2. The smallest absolute Gasteiger partial charge is 0.102 e. The molecular weight excluding hydrogens is 358 g/mol. The molecular formula is C23H48ClNO2. The molecule has 2 N–H and O–H groups in total. The number of unbranched alkanes of at least 4 members (excludes halogenated alkanes) is 12. The van der Waals surface area contributed by atoms with E-state index in [2.05, 4.69) is 26.1 Å². The number of rotatable bonds is 20. The van der Waals surface area contributed by atoms with E-state index in [4.69, 9.17) is 10.2 Å². The molecule has 4 heteroatoms. The third kappa shape index (κ3) is 20.5. The lowest BCUT2D eigenvalue weighted by Crippen LogP contribution is -3.00. The summed E-state index contributed by atoms with van der Waals surface area (Å²) in [4.78, 5) is 0. The van der Waals surface area contributed by atoms with Gasteiger partial charge < -0.3 is 27.1 Å². The van der Waals surface area contributed by atoms with Gasteiger partial charge >= 0.3 is 0 Å². The van der Waals surface area contributed by atoms with E-state index in [9.17, 15) is 0 Å². The molecule has 0 unspecified atom stereocenters. The minimum absolute atomic E-state index is 0. The molecule has 0 saturated heterocycles. The van der Waals surface area contributed by atoms with Gasteiger partial charge in [-0.25, -0.2) is 0 Å². The number of likely N-dealkylation sites (N-methyl/N-ethyl adjacent to an activating group) is 1. The van der Waals surface area contributed by atoms with Crippen molar-refractivity contribution in [1.82, 2.24) is 0 Å². The number of quaternary nitrogens is 1. The van der Waals surface area contributed by atoms with Crippen LogP contribution >= 0.6 is 0 Å². The van der Waals surface area contributed by atoms with Crippen molar-refractivity contribution >= 4 is 0 Å². The first kappa shape index (κ1) is 29.1. The van der Waals surface area contributed by atoms with Gasteiger partial charge in [0.2, 0.25) is 0 Å². The maximum Gasteiger partial charge on any atom is 0.102 e. The molecule has 0 aliphatic carbocycles. The SMILES string of the molecule is CCCCCCCCC=CCCCCCCCC[N+](C)(CCO)CCO.[Cl-]. The number of allylic oxidation sites excluding steroid dienone is 2. The van der Waals surface area contributed by atoms with Crippen LogP contribution < -0.4 is 12.4 Å². The van der Waals surface area contributed by atoms with E-state index in [0.717, 1.165) is 24.1 Å². The van der Waals surface area contributed by atoms with Gasteiger partial charge in [-0.1, -0.05) is 70.4 Å². The molecule has 3 nitrogen and oxygen atoms in total. The van der Waals surface area contributed by atoms with Crippen LogP contribution in [0.3, 0.4) is 0 Å². The normalized spacial score (nSPS) is 11.9. The van der Waals surface area contributed by atoms with Gasteiger partial charge in [0.05, 0.1) is 26.8 Å². The van der Waals surface area contributed by atoms with Gasteiger partial charge in [0.15, 0.2) is 0 Å². The molecule has 27 heavy (non-hydrogen) atoms. The average Bonchev–Trinajstić information content (AvgIpc) is 2.62. The summed E-state index contributed by atoms with van der Waals surface area (Å²) in [5, 5.41) is 18.3. The largest absolute Gasteiger partial charge is 1.00 e. The summed E-state index contributed by atoms with van der Waals surface area (Å²) >= 11 is 0. The molecule has 0 aliphatic heterocycles. The molecule has 0 radical (unpaired) electrons. The summed E-state index contributed by atoms with van der Waals surface area (Å²) in [6.07, 6.45) is 23.5. The molecule has 0 aromatic heterocycles. The number of hydrogen-bond donors (Lipinski definition) is 2. The highest BCUT2D eigenvalue weighted by Crippen LogP contribution is 2.11. The van der Waals surface area contributed by atoms with Crippen LogP contribution in [0.4, 0.5) is 0 Å². The van der Waals surface area contributed by atoms with Crippen LogP contribution in [0.15, 0.2) is 12.2 Å². The standard InChI is InChI=1S/C23H48NO2.ClH/c1-3-4-5-6-7-8-9-10-11-12-13-14-15-16-17-18-19-24(2,20-22-25)21-23-26;/h10-11,25-26H,3-9,12-23H2,1-2H3;1H/q+1;/p-1. The molecule has 164 valence electrons. The average molecular weight is 406 g/mol. The van der Waals surface area contributed by atoms with Crippen LogP contribution in [0.5, 0.6) is 0 Å². The quantitative estimate of drug-likeness (QED) is 0.185. The van der Waals surface area contributed by atoms with Gasteiger partial charge in [0.1, 0.15) is 13.1 Å². The topological polar surface area (TPSA) is 40.5 Å². The first-order valence-electron chi connectivity index (χ1n) is 11.4. The van der Waals surface area contributed by atoms with Crippen molar-refractivity contribution in [1.29, 1.82) is 0 Å². The Kier molecular flexibility index (Phi) is 23.9. The van der Waals surface area contributed by atoms with Crippen molar-refractivity contribution in [2.24, 2.45) is 0 Å². The van der Waals surface area contributed by atoms with E-state index in [1.54, 1.807) is 0 Å². The Morgan fingerprint density at radius 3 is 1.44 bits per heavy atom. The maximum atomic E-state index is 9.16. The lowest BCUT2D eigenvalue weighted by molar-refractivity contribution is -0.910. The highest BCUT2D eigenvalue weighted by Gasteiger charge is 2.19. The Labute approximate surface area is 176 Å². The van der Waals surface area contributed by atoms with E-state index < -0.39 is 0 Å². The van der Waals surface area contributed by atoms with E-state index >= 15 is 0 Å². The van der Waals surface area contributed by atoms with E-state index in [-0.39, 0.29) is 25.6 Å². The Morgan fingerprint density at radius 2 is 1.00 bits per heavy atom. The Balaban J connectivity index is 0. The number of hydrogen-bond acceptors (Lipinski definition) is 2. The maximum absolute atomic E-state index is 9.16. The molecule has 0 heterocycles. The second-order valence-electron chi connectivity index (χ2n) is 8.18. The zero-order valence-electron chi connectivity index (χ0n) is 18.3. The van der Waals surface area contributed by atoms with Crippen LogP contribution in [0.25, 0.3) is 0 Å². The molecule has 0 bridgehead atoms. The first-order valence-corrected chi connectivity index (χ1v) is 11.4. The number of nitrogens with zero attached hydrogens (tertiary/aromatic N) is 1. The zero-order valence-corrected chi connectivity index (χ0v) is 19.1. The van der Waals surface area contributed by atoms with Crippen molar-refractivity contribution < 1.29 is 27.1 Å². The molecule has 0 aromatic carbocycles. The molecule has 0 rings (SSSR count). The van der Waals surface area contributed by atoms with Crippen molar-refractivity contribution in [2.75, 3.05) is 39.9 Å². The predicted octanol–water partition coefficient (Wildman–Crippen LogP) is 2.46. The van der Waals surface area contributed by atoms with Gasteiger partial charge in [-0.3, -0.25) is 0 Å². The minimum atomic E-state index is 0. The summed E-state index contributed by atoms with van der Waals surface area (Å²) in [6.45, 7) is 5.28. The van der Waals surface area contributed by atoms with Crippen molar-refractivity contribution in [2.45, 2.75) is 96.8 Å². The highest BCUT2D eigenvalue weighted by atomic mass is 35.5. The number of aliphatic hydroxyl groups is 2. The third-order valence-corrected chi connectivity index (χ3v) is 5.49. The van der Waals surface area contributed by atoms with Crippen molar-refractivity contribution in [3.63, 3.8) is 0 Å². The Bertz CT molecular complexity index is 305. The van der Waals surface area contributed by atoms with Crippen LogP contribution in [0.1, 0.15) is 96.8 Å². The van der Waals surface area contributed by atoms with Gasteiger partial charge in [-0.05, 0) is 38.5 Å². The minimum Gasteiger partial charge on any atom is -1.00 e.